The Labute approximate surface area is 135 Å². The molecule has 1 aromatic rings. The van der Waals surface area contributed by atoms with Crippen LogP contribution in [0.25, 0.3) is 0 Å². The topological polar surface area (TPSA) is 43.4 Å². The van der Waals surface area contributed by atoms with E-state index >= 15 is 0 Å². The SMILES string of the molecule is CCOC=C(C(=O)c1ccc(S(F)(F)(F)(F)F)cc1)C(=O)C1CC1. The van der Waals surface area contributed by atoms with Crippen LogP contribution in [0.15, 0.2) is 41.0 Å². The van der Waals surface area contributed by atoms with Gasteiger partial charge in [0.1, 0.15) is 10.5 Å². The predicted octanol–water partition coefficient (Wildman–Crippen LogP) is 5.43. The van der Waals surface area contributed by atoms with E-state index in [9.17, 15) is 29.0 Å². The monoisotopic (exact) mass is 370 g/mol. The van der Waals surface area contributed by atoms with Crippen LogP contribution in [0.1, 0.15) is 30.1 Å². The van der Waals surface area contributed by atoms with E-state index in [4.69, 9.17) is 4.74 Å². The third kappa shape index (κ3) is 4.34. The van der Waals surface area contributed by atoms with Gasteiger partial charge in [0.15, 0.2) is 11.6 Å². The van der Waals surface area contributed by atoms with Gasteiger partial charge in [0.25, 0.3) is 0 Å². The van der Waals surface area contributed by atoms with E-state index in [1.807, 2.05) is 0 Å². The molecule has 1 fully saturated rings. The molecule has 0 aromatic heterocycles. The highest BCUT2D eigenvalue weighted by atomic mass is 32.5. The molecule has 0 saturated heterocycles. The molecule has 0 heterocycles. The highest BCUT2D eigenvalue weighted by Crippen LogP contribution is 3.02. The summed E-state index contributed by atoms with van der Waals surface area (Å²) < 4.78 is 68.3. The first-order chi connectivity index (χ1) is 10.8. The van der Waals surface area contributed by atoms with Crippen molar-refractivity contribution in [2.75, 3.05) is 6.61 Å². The van der Waals surface area contributed by atoms with E-state index < -0.39 is 26.7 Å². The second kappa shape index (κ2) is 5.30. The summed E-state index contributed by atoms with van der Waals surface area (Å²) in [6.07, 6.45) is 2.22. The van der Waals surface area contributed by atoms with Crippen LogP contribution in [0.2, 0.25) is 0 Å². The van der Waals surface area contributed by atoms with Crippen molar-refractivity contribution in [1.29, 1.82) is 0 Å². The number of rotatable bonds is 7. The molecule has 0 atom stereocenters. The smallest absolute Gasteiger partial charge is 0.310 e. The molecule has 2 rings (SSSR count). The Bertz CT molecular complexity index is 703. The summed E-state index contributed by atoms with van der Waals surface area (Å²) in [5, 5.41) is 0. The van der Waals surface area contributed by atoms with Crippen LogP contribution >= 0.6 is 10.2 Å². The van der Waals surface area contributed by atoms with E-state index in [1.165, 1.54) is 0 Å². The first kappa shape index (κ1) is 18.4. The number of halogens is 5. The number of hydrogen-bond acceptors (Lipinski definition) is 3. The summed E-state index contributed by atoms with van der Waals surface area (Å²) in [6.45, 7) is 1.82. The van der Waals surface area contributed by atoms with Crippen molar-refractivity contribution >= 4 is 21.8 Å². The number of benzene rings is 1. The van der Waals surface area contributed by atoms with Gasteiger partial charge in [-0.05, 0) is 44.0 Å². The van der Waals surface area contributed by atoms with Crippen LogP contribution in [0, 0.1) is 5.92 Å². The molecule has 3 nitrogen and oxygen atoms in total. The molecule has 0 unspecified atom stereocenters. The van der Waals surface area contributed by atoms with E-state index in [2.05, 4.69) is 0 Å². The van der Waals surface area contributed by atoms with Crippen LogP contribution < -0.4 is 0 Å². The zero-order valence-corrected chi connectivity index (χ0v) is 13.4. The number of allylic oxidation sites excluding steroid dienone is 1. The van der Waals surface area contributed by atoms with Crippen molar-refractivity contribution < 1.29 is 33.8 Å². The Hall–Kier alpha value is -1.90. The highest BCUT2D eigenvalue weighted by molar-refractivity contribution is 8.45. The fraction of sp³-hybridized carbons (Fsp3) is 0.333. The number of carbonyl (C=O) groups is 2. The number of Topliss-reactive ketones (excluding diaryl/α,β-unsaturated/α-hetero) is 2. The number of ether oxygens (including phenoxy) is 1. The number of ketones is 2. The van der Waals surface area contributed by atoms with E-state index in [0.717, 1.165) is 6.26 Å². The summed E-state index contributed by atoms with van der Waals surface area (Å²) in [4.78, 5) is 22.3. The molecule has 134 valence electrons. The van der Waals surface area contributed by atoms with Crippen molar-refractivity contribution in [3.05, 3.63) is 41.7 Å². The first-order valence-corrected chi connectivity index (χ1v) is 9.03. The Morgan fingerprint density at radius 3 is 2.08 bits per heavy atom. The van der Waals surface area contributed by atoms with Crippen LogP contribution in [0.5, 0.6) is 0 Å². The molecule has 0 aliphatic heterocycles. The van der Waals surface area contributed by atoms with Crippen LogP contribution in [-0.4, -0.2) is 18.2 Å². The van der Waals surface area contributed by atoms with Crippen LogP contribution in [0.3, 0.4) is 0 Å². The van der Waals surface area contributed by atoms with Crippen molar-refractivity contribution in [1.82, 2.24) is 0 Å². The van der Waals surface area contributed by atoms with Gasteiger partial charge in [0.2, 0.25) is 0 Å². The van der Waals surface area contributed by atoms with E-state index in [0.29, 0.717) is 25.0 Å². The van der Waals surface area contributed by atoms with Crippen molar-refractivity contribution in [2.45, 2.75) is 24.7 Å². The zero-order valence-electron chi connectivity index (χ0n) is 12.6. The quantitative estimate of drug-likeness (QED) is 0.161. The predicted molar refractivity (Wildman–Crippen MR) is 79.6 cm³/mol. The fourth-order valence-corrected chi connectivity index (χ4v) is 2.63. The van der Waals surface area contributed by atoms with Gasteiger partial charge < -0.3 is 4.74 Å². The van der Waals surface area contributed by atoms with E-state index in [-0.39, 0.29) is 35.8 Å². The van der Waals surface area contributed by atoms with Gasteiger partial charge in [0.05, 0.1) is 12.9 Å². The van der Waals surface area contributed by atoms with Gasteiger partial charge in [0, 0.05) is 11.5 Å². The lowest BCUT2D eigenvalue weighted by Gasteiger charge is -2.40. The van der Waals surface area contributed by atoms with E-state index in [1.54, 1.807) is 6.92 Å². The summed E-state index contributed by atoms with van der Waals surface area (Å²) in [5.41, 5.74) is -0.583. The molecule has 0 spiro atoms. The summed E-state index contributed by atoms with van der Waals surface area (Å²) in [7, 11) is -9.79. The van der Waals surface area contributed by atoms with Gasteiger partial charge in [-0.15, -0.1) is 0 Å². The maximum absolute atomic E-state index is 12.7. The van der Waals surface area contributed by atoms with Gasteiger partial charge in [-0.25, -0.2) is 0 Å². The molecule has 0 bridgehead atoms. The molecule has 1 saturated carbocycles. The molecule has 1 aromatic carbocycles. The Balaban J connectivity index is 2.33. The summed E-state index contributed by atoms with van der Waals surface area (Å²) >= 11 is 0. The standard InChI is InChI=1S/C15H15F5O3S/c1-2-23-9-13(14(21)10-3-4-10)15(22)11-5-7-12(8-6-11)24(16,17,18,19)20/h5-10H,2-4H2,1H3. The van der Waals surface area contributed by atoms with Gasteiger partial charge in [-0.1, -0.05) is 19.4 Å². The molecular formula is C15H15F5O3S. The molecule has 0 radical (unpaired) electrons. The van der Waals surface area contributed by atoms with Gasteiger partial charge in [-0.3, -0.25) is 9.59 Å². The molecule has 9 heteroatoms. The van der Waals surface area contributed by atoms with Crippen molar-refractivity contribution in [3.63, 3.8) is 0 Å². The minimum atomic E-state index is -9.79. The molecular weight excluding hydrogens is 355 g/mol. The summed E-state index contributed by atoms with van der Waals surface area (Å²) in [6, 6.07) is 1.56. The van der Waals surface area contributed by atoms with Gasteiger partial charge in [-0.2, -0.15) is 0 Å². The normalized spacial score (nSPS) is 18.5. The molecule has 1 aliphatic rings. The highest BCUT2D eigenvalue weighted by Gasteiger charge is 2.65. The Kier molecular flexibility index (Phi) is 4.07. The second-order valence-corrected chi connectivity index (χ2v) is 7.86. The molecule has 0 N–H and O–H groups in total. The minimum Gasteiger partial charge on any atom is -0.501 e. The first-order valence-electron chi connectivity index (χ1n) is 7.08. The van der Waals surface area contributed by atoms with Gasteiger partial charge >= 0.3 is 10.2 Å². The lowest BCUT2D eigenvalue weighted by Crippen LogP contribution is -2.16. The van der Waals surface area contributed by atoms with Crippen LogP contribution in [0.4, 0.5) is 19.4 Å². The zero-order chi connectivity index (χ0) is 18.2. The average molecular weight is 370 g/mol. The third-order valence-corrected chi connectivity index (χ3v) is 4.55. The third-order valence-electron chi connectivity index (χ3n) is 3.39. The second-order valence-electron chi connectivity index (χ2n) is 5.45. The maximum atomic E-state index is 12.7. The van der Waals surface area contributed by atoms with Crippen LogP contribution in [-0.2, 0) is 9.53 Å². The number of hydrogen-bond donors (Lipinski definition) is 0. The maximum Gasteiger partial charge on any atom is 0.310 e. The Morgan fingerprint density at radius 1 is 1.12 bits per heavy atom. The molecule has 24 heavy (non-hydrogen) atoms. The Morgan fingerprint density at radius 2 is 1.67 bits per heavy atom. The van der Waals surface area contributed by atoms with Crippen molar-refractivity contribution in [2.24, 2.45) is 5.92 Å². The molecule has 0 amide bonds. The fourth-order valence-electron chi connectivity index (χ4n) is 1.97. The largest absolute Gasteiger partial charge is 0.501 e. The number of carbonyl (C=O) groups excluding carboxylic acids is 2. The van der Waals surface area contributed by atoms with Crippen molar-refractivity contribution in [3.8, 4) is 0 Å². The lowest BCUT2D eigenvalue weighted by atomic mass is 9.99. The average Bonchev–Trinajstić information content (AvgIpc) is 3.29. The summed E-state index contributed by atoms with van der Waals surface area (Å²) in [5.74, 6) is -1.61. The molecule has 1 aliphatic carbocycles. The lowest BCUT2D eigenvalue weighted by molar-refractivity contribution is -0.116. The minimum absolute atomic E-state index is 0.148.